The molecule has 106 valence electrons. The summed E-state index contributed by atoms with van der Waals surface area (Å²) < 4.78 is 13.3. The van der Waals surface area contributed by atoms with Crippen LogP contribution in [0.15, 0.2) is 18.2 Å². The standard InChI is InChI=1S/C13H14FN3O3/c1-13(2,11(18)19)7-16-12(20)17-10-5-3-4-9(14)8(10)6-15/h3-5H,7H2,1-2H3,(H,18,19)(H2,16,17,20). The highest BCUT2D eigenvalue weighted by atomic mass is 19.1. The van der Waals surface area contributed by atoms with E-state index in [2.05, 4.69) is 10.6 Å². The van der Waals surface area contributed by atoms with Crippen molar-refractivity contribution >= 4 is 17.7 Å². The van der Waals surface area contributed by atoms with Crippen molar-refractivity contribution in [2.45, 2.75) is 13.8 Å². The van der Waals surface area contributed by atoms with Gasteiger partial charge in [-0.25, -0.2) is 9.18 Å². The summed E-state index contributed by atoms with van der Waals surface area (Å²) in [4.78, 5) is 22.5. The fourth-order valence-corrected chi connectivity index (χ4v) is 1.29. The Bertz CT molecular complexity index is 579. The molecular weight excluding hydrogens is 265 g/mol. The van der Waals surface area contributed by atoms with E-state index in [0.717, 1.165) is 6.07 Å². The smallest absolute Gasteiger partial charge is 0.319 e. The number of carboxylic acid groups (broad SMARTS) is 1. The Morgan fingerprint density at radius 2 is 2.10 bits per heavy atom. The molecule has 0 fully saturated rings. The van der Waals surface area contributed by atoms with Crippen LogP contribution in [0.2, 0.25) is 0 Å². The molecule has 2 amide bonds. The van der Waals surface area contributed by atoms with Gasteiger partial charge in [-0.3, -0.25) is 4.79 Å². The molecule has 0 aliphatic carbocycles. The number of nitrogens with zero attached hydrogens (tertiary/aromatic N) is 1. The van der Waals surface area contributed by atoms with E-state index in [1.165, 1.54) is 26.0 Å². The van der Waals surface area contributed by atoms with Crippen LogP contribution in [-0.4, -0.2) is 23.7 Å². The summed E-state index contributed by atoms with van der Waals surface area (Å²) in [6.07, 6.45) is 0. The highest BCUT2D eigenvalue weighted by Crippen LogP contribution is 2.18. The zero-order valence-corrected chi connectivity index (χ0v) is 11.0. The van der Waals surface area contributed by atoms with Crippen molar-refractivity contribution in [3.05, 3.63) is 29.6 Å². The molecule has 1 aromatic carbocycles. The molecule has 0 unspecified atom stereocenters. The quantitative estimate of drug-likeness (QED) is 0.783. The first-order valence-corrected chi connectivity index (χ1v) is 5.75. The summed E-state index contributed by atoms with van der Waals surface area (Å²) in [5.41, 5.74) is -1.38. The van der Waals surface area contributed by atoms with Gasteiger partial charge in [-0.15, -0.1) is 0 Å². The van der Waals surface area contributed by atoms with Crippen LogP contribution in [-0.2, 0) is 4.79 Å². The molecule has 0 spiro atoms. The number of hydrogen-bond acceptors (Lipinski definition) is 3. The second-order valence-corrected chi connectivity index (χ2v) is 4.77. The van der Waals surface area contributed by atoms with E-state index < -0.39 is 23.2 Å². The molecule has 6 nitrogen and oxygen atoms in total. The third kappa shape index (κ3) is 3.68. The third-order valence-electron chi connectivity index (χ3n) is 2.64. The number of carboxylic acids is 1. The van der Waals surface area contributed by atoms with Crippen LogP contribution >= 0.6 is 0 Å². The van der Waals surface area contributed by atoms with Gasteiger partial charge in [-0.05, 0) is 26.0 Å². The summed E-state index contributed by atoms with van der Waals surface area (Å²) in [5, 5.41) is 22.4. The minimum atomic E-state index is -1.13. The summed E-state index contributed by atoms with van der Waals surface area (Å²) in [6, 6.07) is 4.78. The van der Waals surface area contributed by atoms with Crippen molar-refractivity contribution in [1.82, 2.24) is 5.32 Å². The first-order chi connectivity index (χ1) is 9.27. The van der Waals surface area contributed by atoms with E-state index in [1.807, 2.05) is 0 Å². The lowest BCUT2D eigenvalue weighted by Gasteiger charge is -2.19. The summed E-state index contributed by atoms with van der Waals surface area (Å²) in [5.74, 6) is -1.79. The second kappa shape index (κ2) is 6.02. The molecule has 0 aliphatic rings. The number of hydrogen-bond donors (Lipinski definition) is 3. The van der Waals surface area contributed by atoms with Crippen LogP contribution in [0, 0.1) is 22.6 Å². The van der Waals surface area contributed by atoms with E-state index >= 15 is 0 Å². The number of nitrogens with one attached hydrogen (secondary N) is 2. The van der Waals surface area contributed by atoms with Gasteiger partial charge in [0, 0.05) is 6.54 Å². The van der Waals surface area contributed by atoms with E-state index in [9.17, 15) is 14.0 Å². The number of rotatable bonds is 4. The van der Waals surface area contributed by atoms with Crippen molar-refractivity contribution < 1.29 is 19.1 Å². The van der Waals surface area contributed by atoms with Gasteiger partial charge in [-0.2, -0.15) is 5.26 Å². The Balaban J connectivity index is 2.72. The van der Waals surface area contributed by atoms with Crippen molar-refractivity contribution in [3.8, 4) is 6.07 Å². The van der Waals surface area contributed by atoms with Crippen LogP contribution in [0.3, 0.4) is 0 Å². The number of carbonyl (C=O) groups is 2. The number of amides is 2. The predicted octanol–water partition coefficient (Wildman–Crippen LogP) is 1.93. The lowest BCUT2D eigenvalue weighted by molar-refractivity contribution is -0.146. The zero-order chi connectivity index (χ0) is 15.3. The molecule has 0 saturated heterocycles. The number of carbonyl (C=O) groups excluding carboxylic acids is 1. The largest absolute Gasteiger partial charge is 0.481 e. The van der Waals surface area contributed by atoms with Crippen LogP contribution in [0.1, 0.15) is 19.4 Å². The van der Waals surface area contributed by atoms with Crippen LogP contribution in [0.25, 0.3) is 0 Å². The van der Waals surface area contributed by atoms with Gasteiger partial charge in [0.1, 0.15) is 17.4 Å². The normalized spacial score (nSPS) is 10.5. The van der Waals surface area contributed by atoms with Gasteiger partial charge in [0.05, 0.1) is 11.1 Å². The lowest BCUT2D eigenvalue weighted by Crippen LogP contribution is -2.40. The molecular formula is C13H14FN3O3. The number of benzene rings is 1. The van der Waals surface area contributed by atoms with E-state index in [1.54, 1.807) is 6.07 Å². The highest BCUT2D eigenvalue weighted by Gasteiger charge is 2.27. The Morgan fingerprint density at radius 3 is 2.65 bits per heavy atom. The molecule has 0 radical (unpaired) electrons. The maximum absolute atomic E-state index is 13.3. The molecule has 0 heterocycles. The van der Waals surface area contributed by atoms with Gasteiger partial charge in [0.2, 0.25) is 0 Å². The van der Waals surface area contributed by atoms with Crippen molar-refractivity contribution in [1.29, 1.82) is 5.26 Å². The number of nitriles is 1. The van der Waals surface area contributed by atoms with E-state index in [-0.39, 0.29) is 17.8 Å². The molecule has 1 rings (SSSR count). The van der Waals surface area contributed by atoms with E-state index in [0.29, 0.717) is 0 Å². The number of halogens is 1. The lowest BCUT2D eigenvalue weighted by atomic mass is 9.94. The van der Waals surface area contributed by atoms with Crippen molar-refractivity contribution in [3.63, 3.8) is 0 Å². The second-order valence-electron chi connectivity index (χ2n) is 4.77. The molecule has 0 aromatic heterocycles. The molecule has 7 heteroatoms. The molecule has 0 bridgehead atoms. The fourth-order valence-electron chi connectivity index (χ4n) is 1.29. The first kappa shape index (κ1) is 15.4. The Hall–Kier alpha value is -2.62. The summed E-state index contributed by atoms with van der Waals surface area (Å²) in [7, 11) is 0. The molecule has 1 aromatic rings. The van der Waals surface area contributed by atoms with E-state index in [4.69, 9.17) is 10.4 Å². The van der Waals surface area contributed by atoms with Crippen molar-refractivity contribution in [2.75, 3.05) is 11.9 Å². The average molecular weight is 279 g/mol. The SMILES string of the molecule is CC(C)(CNC(=O)Nc1cccc(F)c1C#N)C(=O)O. The van der Waals surface area contributed by atoms with Gasteiger partial charge in [0.15, 0.2) is 0 Å². The van der Waals surface area contributed by atoms with Gasteiger partial charge >= 0.3 is 12.0 Å². The van der Waals surface area contributed by atoms with Gasteiger partial charge in [-0.1, -0.05) is 6.07 Å². The summed E-state index contributed by atoms with van der Waals surface area (Å²) >= 11 is 0. The molecule has 0 saturated carbocycles. The topological polar surface area (TPSA) is 102 Å². The maximum atomic E-state index is 13.3. The van der Waals surface area contributed by atoms with Gasteiger partial charge in [0.25, 0.3) is 0 Å². The molecule has 0 atom stereocenters. The Morgan fingerprint density at radius 1 is 1.45 bits per heavy atom. The van der Waals surface area contributed by atoms with Crippen LogP contribution in [0.5, 0.6) is 0 Å². The highest BCUT2D eigenvalue weighted by molar-refractivity contribution is 5.91. The molecule has 3 N–H and O–H groups in total. The minimum absolute atomic E-state index is 0.0260. The van der Waals surface area contributed by atoms with Crippen LogP contribution < -0.4 is 10.6 Å². The van der Waals surface area contributed by atoms with Crippen molar-refractivity contribution in [2.24, 2.45) is 5.41 Å². The van der Waals surface area contributed by atoms with Crippen LogP contribution in [0.4, 0.5) is 14.9 Å². The van der Waals surface area contributed by atoms with Gasteiger partial charge < -0.3 is 15.7 Å². The number of anilines is 1. The third-order valence-corrected chi connectivity index (χ3v) is 2.64. The predicted molar refractivity (Wildman–Crippen MR) is 69.6 cm³/mol. The number of urea groups is 1. The zero-order valence-electron chi connectivity index (χ0n) is 11.0. The Kier molecular flexibility index (Phi) is 4.64. The number of aliphatic carboxylic acids is 1. The maximum Gasteiger partial charge on any atom is 0.319 e. The Labute approximate surface area is 115 Å². The monoisotopic (exact) mass is 279 g/mol. The minimum Gasteiger partial charge on any atom is -0.481 e. The molecule has 20 heavy (non-hydrogen) atoms. The summed E-state index contributed by atoms with van der Waals surface area (Å²) in [6.45, 7) is 2.81. The fraction of sp³-hybridized carbons (Fsp3) is 0.308. The molecule has 0 aliphatic heterocycles. The average Bonchev–Trinajstić information content (AvgIpc) is 2.36. The first-order valence-electron chi connectivity index (χ1n) is 5.75.